The molecule has 8 rings (SSSR count). The summed E-state index contributed by atoms with van der Waals surface area (Å²) in [4.78, 5) is 22.7. The molecule has 3 N–H and O–H groups in total. The van der Waals surface area contributed by atoms with Crippen molar-refractivity contribution >= 4 is 111 Å². The average molecular weight is 988 g/mol. The van der Waals surface area contributed by atoms with Crippen LogP contribution in [-0.2, 0) is 79.9 Å². The first-order valence-electron chi connectivity index (χ1n) is 18.3. The molecule has 0 saturated heterocycles. The minimum atomic E-state index is -4.22. The van der Waals surface area contributed by atoms with Crippen molar-refractivity contribution in [2.45, 2.75) is 76.1 Å². The minimum Gasteiger partial charge on any atom is -0.917 e. The van der Waals surface area contributed by atoms with Gasteiger partial charge in [-0.15, -0.1) is 34.3 Å². The number of nitrogens with zero attached hydrogens (tertiary/aromatic N) is 4. The molecule has 0 atom stereocenters. The number of aromatic nitrogens is 4. The third-order valence-electron chi connectivity index (χ3n) is 9.51. The van der Waals surface area contributed by atoms with Gasteiger partial charge in [-0.1, -0.05) is 35.3 Å². The zero-order valence-electron chi connectivity index (χ0n) is 33.8. The van der Waals surface area contributed by atoms with E-state index in [0.717, 1.165) is 75.9 Å². The first kappa shape index (κ1) is 52.0. The van der Waals surface area contributed by atoms with E-state index in [9.17, 15) is 13.0 Å². The Morgan fingerprint density at radius 2 is 1.15 bits per heavy atom. The molecule has 0 spiro atoms. The van der Waals surface area contributed by atoms with Gasteiger partial charge in [-0.2, -0.15) is 19.4 Å². The molecular weight excluding hydrogens is 949 g/mol. The van der Waals surface area contributed by atoms with E-state index in [0.29, 0.717) is 52.2 Å². The van der Waals surface area contributed by atoms with Crippen molar-refractivity contribution in [3.63, 3.8) is 0 Å². The maximum atomic E-state index is 11.4. The Morgan fingerprint density at radius 1 is 0.738 bits per heavy atom. The summed E-state index contributed by atoms with van der Waals surface area (Å²) in [5.74, 6) is 3.16. The second-order valence-electron chi connectivity index (χ2n) is 13.5. The summed E-state index contributed by atoms with van der Waals surface area (Å²) in [5.41, 5.74) is 4.65. The number of ether oxygens (including phenoxy) is 2. The predicted octanol–water partition coefficient (Wildman–Crippen LogP) is 3.25. The summed E-state index contributed by atoms with van der Waals surface area (Å²) >= 11 is 21.8. The van der Waals surface area contributed by atoms with Gasteiger partial charge in [-0.3, -0.25) is 4.55 Å². The summed E-state index contributed by atoms with van der Waals surface area (Å²) < 4.78 is 67.7. The Bertz CT molecular complexity index is 2660. The SMILES string of the molecule is COc1ccc(CNc2nc(CCl)nc3sc4c(c23)CCCC4)cc1Cl.COc1ccc(CNc2nc(CS(=O)(=O)O)nc3sc4c(c23)CCCC4)cc1Cl.O=[S-](=O)[O-].[Na+].[Na+]. The van der Waals surface area contributed by atoms with E-state index in [-0.39, 0.29) is 64.9 Å². The number of benzene rings is 2. The molecule has 4 heterocycles. The summed E-state index contributed by atoms with van der Waals surface area (Å²) in [6.07, 6.45) is 8.92. The normalized spacial score (nSPS) is 13.0. The minimum absolute atomic E-state index is 0. The molecular formula is C38H39Cl3N6Na2O8S4. The standard InChI is InChI=1S/C19H19Cl2N3OS.C19H20ClN3O4S2.2Na.O3S/c1-25-14-7-6-11(8-13(14)21)10-22-18-17-12-4-2-3-5-15(12)26-19(17)24-16(9-20)23-18;1-27-14-7-6-11(8-13(14)20)9-21-18-17-12-4-2-3-5-15(12)28-19(17)23-16(22-18)10-29(24,25)26;;;1-4(2)3/h6-8H,2-5,9-10H2,1H3,(H,22,23,24);6-8H,2-5,9-10H2,1H3,(H,21,22,23)(H,24,25,26);;;/q;;2*+1;-2. The van der Waals surface area contributed by atoms with Crippen LogP contribution in [0.25, 0.3) is 20.4 Å². The van der Waals surface area contributed by atoms with E-state index in [1.165, 1.54) is 33.7 Å². The molecule has 0 aliphatic heterocycles. The maximum absolute atomic E-state index is 11.4. The molecule has 0 bridgehead atoms. The second kappa shape index (κ2) is 24.1. The fourth-order valence-electron chi connectivity index (χ4n) is 6.96. The number of alkyl halides is 1. The van der Waals surface area contributed by atoms with E-state index in [1.54, 1.807) is 43.0 Å². The first-order chi connectivity index (χ1) is 28.3. The molecule has 4 aromatic heterocycles. The summed E-state index contributed by atoms with van der Waals surface area (Å²) in [7, 11) is -4.16. The van der Waals surface area contributed by atoms with Crippen molar-refractivity contribution in [1.82, 2.24) is 19.9 Å². The van der Waals surface area contributed by atoms with Crippen LogP contribution >= 0.6 is 57.5 Å². The number of aryl methyl sites for hydroxylation is 4. The number of rotatable bonds is 11. The molecule has 23 heteroatoms. The quantitative estimate of drug-likeness (QED) is 0.0561. The number of anilines is 2. The number of methoxy groups -OCH3 is 2. The molecule has 61 heavy (non-hydrogen) atoms. The molecule has 2 aromatic carbocycles. The van der Waals surface area contributed by atoms with E-state index >= 15 is 0 Å². The number of thiophene rings is 2. The third kappa shape index (κ3) is 14.0. The van der Waals surface area contributed by atoms with Gasteiger partial charge in [0, 0.05) is 22.8 Å². The Morgan fingerprint density at radius 3 is 1.54 bits per heavy atom. The topological polar surface area (TPSA) is 206 Å². The molecule has 0 radical (unpaired) electrons. The van der Waals surface area contributed by atoms with E-state index in [4.69, 9.17) is 57.2 Å². The van der Waals surface area contributed by atoms with Crippen LogP contribution in [0.1, 0.15) is 69.3 Å². The fourth-order valence-corrected chi connectivity index (χ4v) is 10.7. The molecule has 6 aromatic rings. The van der Waals surface area contributed by atoms with E-state index in [1.807, 2.05) is 30.3 Å². The van der Waals surface area contributed by atoms with Crippen LogP contribution in [0.5, 0.6) is 11.5 Å². The number of halogens is 3. The predicted molar refractivity (Wildman–Crippen MR) is 233 cm³/mol. The largest absolute Gasteiger partial charge is 1.00 e. The smallest absolute Gasteiger partial charge is 0.917 e. The number of nitrogens with one attached hydrogen (secondary N) is 2. The fraction of sp³-hybridized carbons (Fsp3) is 0.368. The summed E-state index contributed by atoms with van der Waals surface area (Å²) in [6.45, 7) is 1.08. The van der Waals surface area contributed by atoms with Gasteiger partial charge in [-0.25, -0.2) is 19.9 Å². The van der Waals surface area contributed by atoms with Gasteiger partial charge in [0.2, 0.25) is 0 Å². The average Bonchev–Trinajstić information content (AvgIpc) is 3.77. The molecule has 0 unspecified atom stereocenters. The first-order valence-corrected chi connectivity index (χ1v) is 23.8. The van der Waals surface area contributed by atoms with Crippen LogP contribution in [0.4, 0.5) is 11.6 Å². The van der Waals surface area contributed by atoms with Crippen molar-refractivity contribution in [2.75, 3.05) is 24.9 Å². The Kier molecular flexibility index (Phi) is 20.5. The van der Waals surface area contributed by atoms with Crippen LogP contribution in [0, 0.1) is 0 Å². The number of fused-ring (bicyclic) bond motifs is 6. The Labute approximate surface area is 423 Å². The molecule has 14 nitrogen and oxygen atoms in total. The summed E-state index contributed by atoms with van der Waals surface area (Å²) in [6, 6.07) is 11.3. The molecule has 2 aliphatic carbocycles. The van der Waals surface area contributed by atoms with Crippen LogP contribution < -0.4 is 79.2 Å². The monoisotopic (exact) mass is 986 g/mol. The van der Waals surface area contributed by atoms with Gasteiger partial charge in [0.15, 0.2) is 0 Å². The van der Waals surface area contributed by atoms with Gasteiger partial charge in [0.25, 0.3) is 10.1 Å². The third-order valence-corrected chi connectivity index (χ3v) is 13.3. The van der Waals surface area contributed by atoms with Crippen molar-refractivity contribution in [3.05, 3.63) is 90.1 Å². The Hall–Kier alpha value is -1.59. The van der Waals surface area contributed by atoms with Gasteiger partial charge < -0.3 is 33.1 Å². The van der Waals surface area contributed by atoms with Crippen molar-refractivity contribution < 1.29 is 94.5 Å². The molecule has 0 fully saturated rings. The van der Waals surface area contributed by atoms with Gasteiger partial charge in [0.05, 0.1) is 40.9 Å². The number of hydrogen-bond donors (Lipinski definition) is 3. The zero-order chi connectivity index (χ0) is 42.3. The van der Waals surface area contributed by atoms with Crippen molar-refractivity contribution in [2.24, 2.45) is 0 Å². The zero-order valence-corrected chi connectivity index (χ0v) is 43.3. The molecule has 2 aliphatic rings. The van der Waals surface area contributed by atoms with Gasteiger partial charge in [0.1, 0.15) is 50.2 Å². The van der Waals surface area contributed by atoms with Crippen molar-refractivity contribution in [3.8, 4) is 11.5 Å². The number of hydrogen-bond acceptors (Lipinski definition) is 16. The maximum Gasteiger partial charge on any atom is 1.00 e. The molecule has 0 amide bonds. The van der Waals surface area contributed by atoms with E-state index < -0.39 is 26.9 Å². The van der Waals surface area contributed by atoms with E-state index in [2.05, 4.69) is 30.6 Å². The van der Waals surface area contributed by atoms with Crippen molar-refractivity contribution in [1.29, 1.82) is 0 Å². The molecule has 316 valence electrons. The van der Waals surface area contributed by atoms with Crippen LogP contribution in [-0.4, -0.2) is 51.7 Å². The Balaban J connectivity index is 0.000000241. The second-order valence-corrected chi connectivity index (χ2v) is 18.6. The van der Waals surface area contributed by atoms with Crippen LogP contribution in [0.2, 0.25) is 10.0 Å². The molecule has 0 saturated carbocycles. The van der Waals surface area contributed by atoms with Gasteiger partial charge >= 0.3 is 59.1 Å². The van der Waals surface area contributed by atoms with Crippen LogP contribution in [0.3, 0.4) is 0 Å². The summed E-state index contributed by atoms with van der Waals surface area (Å²) in [5, 5.41) is 10.0. The van der Waals surface area contributed by atoms with Crippen LogP contribution in [0.15, 0.2) is 36.4 Å². The van der Waals surface area contributed by atoms with Gasteiger partial charge in [-0.05, 0) is 97.9 Å².